The van der Waals surface area contributed by atoms with Crippen LogP contribution in [-0.2, 0) is 14.7 Å². The Kier molecular flexibility index (Phi) is 8.43. The van der Waals surface area contributed by atoms with Crippen LogP contribution in [0.3, 0.4) is 0 Å². The number of nitrogens with zero attached hydrogens (tertiary/aromatic N) is 4. The highest BCUT2D eigenvalue weighted by Crippen LogP contribution is 2.33. The van der Waals surface area contributed by atoms with Gasteiger partial charge < -0.3 is 10.0 Å². The van der Waals surface area contributed by atoms with Crippen LogP contribution in [0.15, 0.2) is 40.4 Å². The molecule has 0 amide bonds. The quantitative estimate of drug-likeness (QED) is 0.166. The van der Waals surface area contributed by atoms with Gasteiger partial charge in [-0.25, -0.2) is 8.42 Å². The van der Waals surface area contributed by atoms with E-state index in [0.29, 0.717) is 37.1 Å². The first-order valence-corrected chi connectivity index (χ1v) is 13.1. The molecule has 1 fully saturated rings. The average molecular weight is 479 g/mol. The van der Waals surface area contributed by atoms with Crippen LogP contribution in [0, 0.1) is 10.1 Å². The highest BCUT2D eigenvalue weighted by Gasteiger charge is 2.23. The third-order valence-electron chi connectivity index (χ3n) is 5.91. The van der Waals surface area contributed by atoms with E-state index >= 15 is 0 Å². The lowest BCUT2D eigenvalue weighted by atomic mass is 9.95. The topological polar surface area (TPSA) is 137 Å². The molecule has 0 aliphatic heterocycles. The molecule has 33 heavy (non-hydrogen) atoms. The molecular weight excluding hydrogens is 448 g/mol. The Morgan fingerprint density at radius 2 is 1.91 bits per heavy atom. The summed E-state index contributed by atoms with van der Waals surface area (Å²) in [5.74, 6) is 0. The van der Waals surface area contributed by atoms with Gasteiger partial charge in [0.15, 0.2) is 9.84 Å². The summed E-state index contributed by atoms with van der Waals surface area (Å²) in [5.41, 5.74) is 2.74. The molecule has 1 aliphatic rings. The van der Waals surface area contributed by atoms with Gasteiger partial charge in [0.2, 0.25) is 0 Å². The number of hydrogen-bond acceptors (Lipinski definition) is 8. The minimum absolute atomic E-state index is 0.0442. The van der Waals surface area contributed by atoms with Crippen LogP contribution in [0.4, 0.5) is 0 Å². The molecule has 180 valence electrons. The van der Waals surface area contributed by atoms with Crippen LogP contribution >= 0.6 is 0 Å². The number of sulfone groups is 1. The van der Waals surface area contributed by atoms with E-state index in [-0.39, 0.29) is 17.5 Å². The first-order valence-electron chi connectivity index (χ1n) is 11.2. The summed E-state index contributed by atoms with van der Waals surface area (Å²) < 4.78 is 25.6. The fraction of sp³-hybridized carbons (Fsp3) is 0.545. The van der Waals surface area contributed by atoms with E-state index in [9.17, 15) is 23.7 Å². The molecule has 0 spiro atoms. The van der Waals surface area contributed by atoms with Crippen LogP contribution in [0.25, 0.3) is 11.3 Å². The number of hydrogen-bond donors (Lipinski definition) is 1. The summed E-state index contributed by atoms with van der Waals surface area (Å²) in [6.45, 7) is 0.0442. The van der Waals surface area contributed by atoms with Gasteiger partial charge >= 0.3 is 0 Å². The minimum Gasteiger partial charge on any atom is -0.411 e. The summed E-state index contributed by atoms with van der Waals surface area (Å²) in [4.78, 5) is 14.8. The molecule has 11 heteroatoms. The SMILES string of the molecule is CS(=O)(=O)c1ccc(-c2cc(/C(CCCCCO[N+](=O)[O-])=N/O)nn2C2CCCCC2)cc1. The van der Waals surface area contributed by atoms with E-state index < -0.39 is 14.9 Å². The Bertz CT molecular complexity index is 1070. The van der Waals surface area contributed by atoms with E-state index in [1.165, 1.54) is 12.7 Å². The molecule has 1 heterocycles. The molecule has 3 rings (SSSR count). The third-order valence-corrected chi connectivity index (χ3v) is 7.03. The van der Waals surface area contributed by atoms with E-state index in [1.807, 2.05) is 10.7 Å². The molecule has 1 aromatic heterocycles. The molecule has 2 aromatic rings. The van der Waals surface area contributed by atoms with Crippen molar-refractivity contribution in [3.05, 3.63) is 46.1 Å². The van der Waals surface area contributed by atoms with Crippen molar-refractivity contribution in [3.8, 4) is 11.3 Å². The standard InChI is InChI=1S/C22H30N4O6S/c1-33(30,31)19-13-11-17(12-14-19)22-16-21(23-25(22)18-8-4-2-5-9-18)20(24-27)10-6-3-7-15-32-26(28)29/h11-14,16,18,27H,2-10,15H2,1H3/b24-20+. The number of benzene rings is 1. The van der Waals surface area contributed by atoms with Crippen molar-refractivity contribution in [2.45, 2.75) is 68.7 Å². The predicted molar refractivity (Wildman–Crippen MR) is 123 cm³/mol. The molecule has 1 N–H and O–H groups in total. The first kappa shape index (κ1) is 24.7. The van der Waals surface area contributed by atoms with E-state index in [1.54, 1.807) is 24.3 Å². The second kappa shape index (κ2) is 11.3. The van der Waals surface area contributed by atoms with Crippen molar-refractivity contribution < 1.29 is 23.5 Å². The molecular formula is C22H30N4O6S. The van der Waals surface area contributed by atoms with Crippen LogP contribution in [0.2, 0.25) is 0 Å². The molecule has 0 bridgehead atoms. The average Bonchev–Trinajstić information content (AvgIpc) is 3.24. The van der Waals surface area contributed by atoms with Crippen LogP contribution in [0.1, 0.15) is 69.5 Å². The van der Waals surface area contributed by atoms with Gasteiger partial charge in [-0.3, -0.25) is 4.68 Å². The van der Waals surface area contributed by atoms with Crippen molar-refractivity contribution in [3.63, 3.8) is 0 Å². The number of rotatable bonds is 11. The maximum atomic E-state index is 11.8. The van der Waals surface area contributed by atoms with Gasteiger partial charge in [0.25, 0.3) is 5.09 Å². The number of oxime groups is 1. The Balaban J connectivity index is 1.81. The Labute approximate surface area is 193 Å². The van der Waals surface area contributed by atoms with Gasteiger partial charge in [0.1, 0.15) is 11.4 Å². The monoisotopic (exact) mass is 478 g/mol. The third kappa shape index (κ3) is 6.77. The highest BCUT2D eigenvalue weighted by atomic mass is 32.2. The smallest absolute Gasteiger partial charge is 0.294 e. The van der Waals surface area contributed by atoms with Crippen molar-refractivity contribution in [2.24, 2.45) is 5.16 Å². The van der Waals surface area contributed by atoms with E-state index in [4.69, 9.17) is 5.10 Å². The van der Waals surface area contributed by atoms with E-state index in [0.717, 1.165) is 36.9 Å². The second-order valence-corrected chi connectivity index (χ2v) is 10.4. The van der Waals surface area contributed by atoms with Crippen molar-refractivity contribution in [2.75, 3.05) is 12.9 Å². The lowest BCUT2D eigenvalue weighted by Crippen LogP contribution is -2.16. The molecule has 0 atom stereocenters. The molecule has 0 radical (unpaired) electrons. The van der Waals surface area contributed by atoms with Gasteiger partial charge in [0, 0.05) is 6.26 Å². The summed E-state index contributed by atoms with van der Waals surface area (Å²) in [5, 5.41) is 27.3. The summed E-state index contributed by atoms with van der Waals surface area (Å²) in [6.07, 6.45) is 9.03. The fourth-order valence-corrected chi connectivity index (χ4v) is 4.80. The normalized spacial score (nSPS) is 15.5. The lowest BCUT2D eigenvalue weighted by Gasteiger charge is -2.24. The molecule has 0 saturated heterocycles. The fourth-order valence-electron chi connectivity index (χ4n) is 4.17. The second-order valence-electron chi connectivity index (χ2n) is 8.36. The van der Waals surface area contributed by atoms with Crippen molar-refractivity contribution in [1.29, 1.82) is 0 Å². The summed E-state index contributed by atoms with van der Waals surface area (Å²) in [6, 6.07) is 8.86. The van der Waals surface area contributed by atoms with Gasteiger partial charge in [0.05, 0.1) is 23.2 Å². The number of unbranched alkanes of at least 4 members (excludes halogenated alkanes) is 2. The molecule has 0 unspecified atom stereocenters. The predicted octanol–water partition coefficient (Wildman–Crippen LogP) is 4.41. The zero-order chi connectivity index (χ0) is 23.8. The summed E-state index contributed by atoms with van der Waals surface area (Å²) >= 11 is 0. The lowest BCUT2D eigenvalue weighted by molar-refractivity contribution is -0.757. The molecule has 1 saturated carbocycles. The maximum Gasteiger partial charge on any atom is 0.294 e. The van der Waals surface area contributed by atoms with Gasteiger partial charge in [-0.15, -0.1) is 10.1 Å². The van der Waals surface area contributed by atoms with Crippen LogP contribution in [-0.4, -0.2) is 47.1 Å². The van der Waals surface area contributed by atoms with Crippen molar-refractivity contribution >= 4 is 15.5 Å². The first-order chi connectivity index (χ1) is 15.8. The van der Waals surface area contributed by atoms with Crippen LogP contribution < -0.4 is 0 Å². The van der Waals surface area contributed by atoms with Gasteiger partial charge in [-0.2, -0.15) is 5.10 Å². The zero-order valence-corrected chi connectivity index (χ0v) is 19.5. The highest BCUT2D eigenvalue weighted by molar-refractivity contribution is 7.90. The Morgan fingerprint density at radius 1 is 1.21 bits per heavy atom. The van der Waals surface area contributed by atoms with Crippen molar-refractivity contribution in [1.82, 2.24) is 9.78 Å². The number of aromatic nitrogens is 2. The minimum atomic E-state index is -3.29. The van der Waals surface area contributed by atoms with Crippen LogP contribution in [0.5, 0.6) is 0 Å². The van der Waals surface area contributed by atoms with Gasteiger partial charge in [-0.05, 0) is 55.9 Å². The Hall–Kier alpha value is -2.95. The van der Waals surface area contributed by atoms with Gasteiger partial charge in [-0.1, -0.05) is 43.0 Å². The zero-order valence-electron chi connectivity index (χ0n) is 18.7. The molecule has 1 aliphatic carbocycles. The van der Waals surface area contributed by atoms with E-state index in [2.05, 4.69) is 9.99 Å². The summed E-state index contributed by atoms with van der Waals surface area (Å²) in [7, 11) is -3.29. The molecule has 1 aromatic carbocycles. The largest absolute Gasteiger partial charge is 0.411 e. The molecule has 10 nitrogen and oxygen atoms in total. The Morgan fingerprint density at radius 3 is 2.52 bits per heavy atom. The maximum absolute atomic E-state index is 11.8.